The van der Waals surface area contributed by atoms with Crippen LogP contribution in [0.3, 0.4) is 0 Å². The van der Waals surface area contributed by atoms with Crippen molar-refractivity contribution in [1.82, 2.24) is 10.2 Å². The lowest BCUT2D eigenvalue weighted by atomic mass is 10.1. The number of hydrogen-bond donors (Lipinski definition) is 1. The molecule has 2 aromatic carbocycles. The molecule has 0 aromatic heterocycles. The van der Waals surface area contributed by atoms with Crippen LogP contribution >= 0.6 is 34.8 Å². The molecule has 2 amide bonds. The SMILES string of the molecule is CC[C@@H](C)NC(=O)[C@H](CC)N(Cc1ccc(F)cc1)C(=O)CN(c1cc(Cl)c(Cl)cc1Cl)S(C)(=O)=O. The lowest BCUT2D eigenvalue weighted by Crippen LogP contribution is -2.53. The molecule has 0 saturated heterocycles. The van der Waals surface area contributed by atoms with Gasteiger partial charge in [0.05, 0.1) is 27.0 Å². The topological polar surface area (TPSA) is 86.8 Å². The van der Waals surface area contributed by atoms with E-state index in [2.05, 4.69) is 5.32 Å². The molecule has 7 nitrogen and oxygen atoms in total. The summed E-state index contributed by atoms with van der Waals surface area (Å²) < 4.78 is 39.7. The quantitative estimate of drug-likeness (QED) is 0.367. The van der Waals surface area contributed by atoms with Crippen LogP contribution in [0.5, 0.6) is 0 Å². The van der Waals surface area contributed by atoms with Gasteiger partial charge in [-0.3, -0.25) is 13.9 Å². The maximum atomic E-state index is 13.6. The minimum Gasteiger partial charge on any atom is -0.352 e. The molecule has 2 aromatic rings. The maximum Gasteiger partial charge on any atom is 0.244 e. The Bertz CT molecular complexity index is 1200. The van der Waals surface area contributed by atoms with Gasteiger partial charge < -0.3 is 10.2 Å². The molecule has 0 aliphatic carbocycles. The second kappa shape index (κ2) is 12.9. The molecule has 0 aliphatic heterocycles. The standard InChI is InChI=1S/C24H29Cl3FN3O4S/c1-5-15(3)29-24(33)21(6-2)30(13-16-7-9-17(28)10-8-16)23(32)14-31(36(4,34)35)22-12-19(26)18(25)11-20(22)27/h7-12,15,21H,5-6,13-14H2,1-4H3,(H,29,33)/t15-,21+/m1/s1. The normalized spacial score (nSPS) is 13.1. The van der Waals surface area contributed by atoms with Crippen molar-refractivity contribution in [2.45, 2.75) is 52.2 Å². The van der Waals surface area contributed by atoms with E-state index in [0.717, 1.165) is 10.6 Å². The van der Waals surface area contributed by atoms with Crippen molar-refractivity contribution in [1.29, 1.82) is 0 Å². The van der Waals surface area contributed by atoms with Crippen LogP contribution in [0.2, 0.25) is 15.1 Å². The van der Waals surface area contributed by atoms with Crippen molar-refractivity contribution in [2.75, 3.05) is 17.1 Å². The number of halogens is 4. The lowest BCUT2D eigenvalue weighted by molar-refractivity contribution is -0.140. The van der Waals surface area contributed by atoms with Crippen molar-refractivity contribution in [3.05, 3.63) is 62.8 Å². The van der Waals surface area contributed by atoms with Crippen LogP contribution in [0.1, 0.15) is 39.2 Å². The van der Waals surface area contributed by atoms with Gasteiger partial charge in [0.25, 0.3) is 0 Å². The molecule has 2 atom stereocenters. The van der Waals surface area contributed by atoms with Gasteiger partial charge >= 0.3 is 0 Å². The Morgan fingerprint density at radius 1 is 1.00 bits per heavy atom. The van der Waals surface area contributed by atoms with E-state index in [1.54, 1.807) is 6.92 Å². The predicted molar refractivity (Wildman–Crippen MR) is 143 cm³/mol. The first-order valence-corrected chi connectivity index (χ1v) is 14.2. The Balaban J connectivity index is 2.50. The molecule has 198 valence electrons. The molecular formula is C24H29Cl3FN3O4S. The van der Waals surface area contributed by atoms with Crippen molar-refractivity contribution >= 4 is 62.3 Å². The average Bonchev–Trinajstić information content (AvgIpc) is 2.80. The van der Waals surface area contributed by atoms with E-state index in [0.29, 0.717) is 12.0 Å². The number of nitrogens with one attached hydrogen (secondary N) is 1. The summed E-state index contributed by atoms with van der Waals surface area (Å²) in [5.74, 6) is -1.48. The van der Waals surface area contributed by atoms with Crippen LogP contribution in [0.15, 0.2) is 36.4 Å². The van der Waals surface area contributed by atoms with Gasteiger partial charge in [-0.2, -0.15) is 0 Å². The number of amides is 2. The zero-order chi connectivity index (χ0) is 27.2. The Hall–Kier alpha value is -2.07. The smallest absolute Gasteiger partial charge is 0.244 e. The second-order valence-corrected chi connectivity index (χ2v) is 11.5. The van der Waals surface area contributed by atoms with Crippen LogP contribution in [0, 0.1) is 5.82 Å². The predicted octanol–water partition coefficient (Wildman–Crippen LogP) is 5.27. The first kappa shape index (κ1) is 30.2. The van der Waals surface area contributed by atoms with Gasteiger partial charge in [-0.15, -0.1) is 0 Å². The van der Waals surface area contributed by atoms with Crippen LogP contribution < -0.4 is 9.62 Å². The molecule has 0 heterocycles. The van der Waals surface area contributed by atoms with Crippen LogP contribution in [0.25, 0.3) is 0 Å². The number of benzene rings is 2. The van der Waals surface area contributed by atoms with Crippen molar-refractivity contribution < 1.29 is 22.4 Å². The minimum absolute atomic E-state index is 0.0192. The summed E-state index contributed by atoms with van der Waals surface area (Å²) in [6, 6.07) is 7.01. The summed E-state index contributed by atoms with van der Waals surface area (Å²) in [5, 5.41) is 3.03. The van der Waals surface area contributed by atoms with E-state index in [-0.39, 0.29) is 45.7 Å². The van der Waals surface area contributed by atoms with Gasteiger partial charge in [-0.25, -0.2) is 12.8 Å². The Morgan fingerprint density at radius 3 is 2.11 bits per heavy atom. The summed E-state index contributed by atoms with van der Waals surface area (Å²) in [6.07, 6.45) is 1.88. The number of carbonyl (C=O) groups is 2. The molecule has 0 aliphatic rings. The van der Waals surface area contributed by atoms with E-state index in [1.165, 1.54) is 41.3 Å². The number of sulfonamides is 1. The van der Waals surface area contributed by atoms with E-state index in [9.17, 15) is 22.4 Å². The van der Waals surface area contributed by atoms with Gasteiger partial charge in [-0.1, -0.05) is 60.8 Å². The highest BCUT2D eigenvalue weighted by Crippen LogP contribution is 2.35. The first-order valence-electron chi connectivity index (χ1n) is 11.2. The van der Waals surface area contributed by atoms with Crippen LogP contribution in [0.4, 0.5) is 10.1 Å². The highest BCUT2D eigenvalue weighted by Gasteiger charge is 2.33. The largest absolute Gasteiger partial charge is 0.352 e. The third kappa shape index (κ3) is 7.96. The maximum absolute atomic E-state index is 13.6. The van der Waals surface area contributed by atoms with Crippen LogP contribution in [-0.4, -0.2) is 50.0 Å². The summed E-state index contributed by atoms with van der Waals surface area (Å²) >= 11 is 18.3. The zero-order valence-electron chi connectivity index (χ0n) is 20.4. The van der Waals surface area contributed by atoms with Crippen molar-refractivity contribution in [3.63, 3.8) is 0 Å². The van der Waals surface area contributed by atoms with Gasteiger partial charge in [0.1, 0.15) is 18.4 Å². The van der Waals surface area contributed by atoms with Gasteiger partial charge in [0.2, 0.25) is 21.8 Å². The molecule has 0 saturated carbocycles. The third-order valence-corrected chi connectivity index (χ3v) is 7.74. The van der Waals surface area contributed by atoms with Crippen molar-refractivity contribution in [2.24, 2.45) is 0 Å². The molecule has 0 bridgehead atoms. The summed E-state index contributed by atoms with van der Waals surface area (Å²) in [4.78, 5) is 28.0. The third-order valence-electron chi connectivity index (χ3n) is 5.59. The van der Waals surface area contributed by atoms with Crippen molar-refractivity contribution in [3.8, 4) is 0 Å². The fourth-order valence-electron chi connectivity index (χ4n) is 3.45. The van der Waals surface area contributed by atoms with Crippen LogP contribution in [-0.2, 0) is 26.2 Å². The van der Waals surface area contributed by atoms with E-state index < -0.39 is 34.3 Å². The number of nitrogens with zero attached hydrogens (tertiary/aromatic N) is 2. The number of anilines is 1. The fourth-order valence-corrected chi connectivity index (χ4v) is 4.99. The number of hydrogen-bond acceptors (Lipinski definition) is 4. The highest BCUT2D eigenvalue weighted by molar-refractivity contribution is 7.92. The van der Waals surface area contributed by atoms with E-state index in [1.807, 2.05) is 13.8 Å². The summed E-state index contributed by atoms with van der Waals surface area (Å²) in [7, 11) is -4.00. The fraction of sp³-hybridized carbons (Fsp3) is 0.417. The zero-order valence-corrected chi connectivity index (χ0v) is 23.5. The molecule has 1 N–H and O–H groups in total. The van der Waals surface area contributed by atoms with Gasteiger partial charge in [0.15, 0.2) is 0 Å². The second-order valence-electron chi connectivity index (χ2n) is 8.38. The molecule has 0 fully saturated rings. The molecule has 0 spiro atoms. The Morgan fingerprint density at radius 2 is 1.58 bits per heavy atom. The first-order chi connectivity index (χ1) is 16.8. The highest BCUT2D eigenvalue weighted by atomic mass is 35.5. The average molecular weight is 581 g/mol. The van der Waals surface area contributed by atoms with Gasteiger partial charge in [-0.05, 0) is 49.6 Å². The number of carbonyl (C=O) groups excluding carboxylic acids is 2. The van der Waals surface area contributed by atoms with E-state index >= 15 is 0 Å². The molecular weight excluding hydrogens is 552 g/mol. The lowest BCUT2D eigenvalue weighted by Gasteiger charge is -2.33. The summed E-state index contributed by atoms with van der Waals surface area (Å²) in [5.41, 5.74) is 0.541. The van der Waals surface area contributed by atoms with Gasteiger partial charge in [0, 0.05) is 12.6 Å². The molecule has 36 heavy (non-hydrogen) atoms. The molecule has 2 rings (SSSR count). The molecule has 12 heteroatoms. The Kier molecular flexibility index (Phi) is 10.8. The number of rotatable bonds is 11. The minimum atomic E-state index is -4.00. The van der Waals surface area contributed by atoms with E-state index in [4.69, 9.17) is 34.8 Å². The summed E-state index contributed by atoms with van der Waals surface area (Å²) in [6.45, 7) is 4.81. The molecule has 0 radical (unpaired) electrons. The monoisotopic (exact) mass is 579 g/mol. The molecule has 0 unspecified atom stereocenters. The Labute approximate surface area is 226 Å².